The zero-order chi connectivity index (χ0) is 27.0. The molecule has 0 saturated heterocycles. The van der Waals surface area contributed by atoms with Crippen molar-refractivity contribution >= 4 is 29.3 Å². The second-order valence-electron chi connectivity index (χ2n) is 8.59. The predicted molar refractivity (Wildman–Crippen MR) is 138 cm³/mol. The van der Waals surface area contributed by atoms with E-state index in [1.807, 2.05) is 23.1 Å². The number of fused-ring (bicyclic) bond motifs is 1. The van der Waals surface area contributed by atoms with Gasteiger partial charge in [-0.25, -0.2) is 19.6 Å². The summed E-state index contributed by atoms with van der Waals surface area (Å²) in [6.45, 7) is 5.81. The lowest BCUT2D eigenvalue weighted by Crippen LogP contribution is -2.56. The summed E-state index contributed by atoms with van der Waals surface area (Å²) < 4.78 is 22.2. The molecule has 0 amide bonds. The van der Waals surface area contributed by atoms with Gasteiger partial charge >= 0.3 is 11.9 Å². The van der Waals surface area contributed by atoms with Crippen LogP contribution < -0.4 is 21.7 Å². The quantitative estimate of drug-likeness (QED) is 0.256. The van der Waals surface area contributed by atoms with Crippen molar-refractivity contribution in [2.45, 2.75) is 44.9 Å². The van der Waals surface area contributed by atoms with E-state index in [0.717, 1.165) is 0 Å². The van der Waals surface area contributed by atoms with Crippen LogP contribution in [0, 0.1) is 6.92 Å². The number of nitrogen functional groups attached to an aromatic ring is 1. The number of hydrogen-bond acceptors (Lipinski definition) is 12. The van der Waals surface area contributed by atoms with Gasteiger partial charge in [0.05, 0.1) is 38.6 Å². The number of rotatable bonds is 13. The Balaban J connectivity index is 1.81. The molecule has 5 N–H and O–H groups in total. The van der Waals surface area contributed by atoms with Gasteiger partial charge in [0, 0.05) is 20.1 Å². The fourth-order valence-corrected chi connectivity index (χ4v) is 4.12. The molecule has 0 radical (unpaired) electrons. The first-order chi connectivity index (χ1) is 17.7. The molecule has 37 heavy (non-hydrogen) atoms. The van der Waals surface area contributed by atoms with E-state index in [-0.39, 0.29) is 26.2 Å². The third-order valence-electron chi connectivity index (χ3n) is 5.99. The largest absolute Gasteiger partial charge is 0.463 e. The van der Waals surface area contributed by atoms with E-state index in [1.165, 1.54) is 7.11 Å². The Bertz CT molecular complexity index is 1050. The van der Waals surface area contributed by atoms with Crippen molar-refractivity contribution in [2.75, 3.05) is 56.1 Å². The molecule has 1 aromatic heterocycles. The molecule has 0 saturated carbocycles. The van der Waals surface area contributed by atoms with Gasteiger partial charge in [-0.15, -0.1) is 0 Å². The van der Waals surface area contributed by atoms with E-state index in [4.69, 9.17) is 30.4 Å². The molecule has 202 valence electrons. The summed E-state index contributed by atoms with van der Waals surface area (Å²) in [6.07, 6.45) is -0.751. The molecule has 0 spiro atoms. The van der Waals surface area contributed by atoms with E-state index >= 15 is 0 Å². The van der Waals surface area contributed by atoms with Crippen LogP contribution in [-0.4, -0.2) is 79.8 Å². The summed E-state index contributed by atoms with van der Waals surface area (Å²) >= 11 is 0. The van der Waals surface area contributed by atoms with Gasteiger partial charge in [0.2, 0.25) is 0 Å². The van der Waals surface area contributed by atoms with Crippen molar-refractivity contribution in [1.82, 2.24) is 9.97 Å². The topological polar surface area (TPSA) is 164 Å². The molecule has 2 atom stereocenters. The maximum Gasteiger partial charge on any atom is 0.350 e. The van der Waals surface area contributed by atoms with E-state index in [9.17, 15) is 9.59 Å². The van der Waals surface area contributed by atoms with Gasteiger partial charge < -0.3 is 40.6 Å². The Morgan fingerprint density at radius 1 is 1.14 bits per heavy atom. The van der Waals surface area contributed by atoms with Crippen LogP contribution in [0.3, 0.4) is 0 Å². The molecule has 12 heteroatoms. The summed E-state index contributed by atoms with van der Waals surface area (Å²) in [5.74, 6) is -0.116. The Labute approximate surface area is 216 Å². The highest BCUT2D eigenvalue weighted by molar-refractivity contribution is 6.04. The summed E-state index contributed by atoms with van der Waals surface area (Å²) in [5.41, 5.74) is 11.9. The third-order valence-corrected chi connectivity index (χ3v) is 5.99. The van der Waals surface area contributed by atoms with Gasteiger partial charge in [-0.3, -0.25) is 0 Å². The maximum absolute atomic E-state index is 13.2. The highest BCUT2D eigenvalue weighted by atomic mass is 16.6. The smallest absolute Gasteiger partial charge is 0.350 e. The molecule has 0 bridgehead atoms. The second-order valence-corrected chi connectivity index (χ2v) is 8.59. The van der Waals surface area contributed by atoms with Crippen LogP contribution in [0.4, 0.5) is 17.3 Å². The second kappa shape index (κ2) is 12.7. The molecule has 12 nitrogen and oxygen atoms in total. The number of carbonyl (C=O) groups excluding carboxylic acids is 2. The Morgan fingerprint density at radius 2 is 1.78 bits per heavy atom. The Hall–Kier alpha value is -3.48. The summed E-state index contributed by atoms with van der Waals surface area (Å²) in [7, 11) is 1.49. The molecule has 2 aromatic rings. The number of aryl methyl sites for hydroxylation is 1. The number of hydrogen-bond donors (Lipinski definition) is 3. The number of nitrogens with one attached hydrogen (secondary N) is 1. The number of nitrogens with two attached hydrogens (primary N) is 2. The number of aromatic nitrogens is 2. The van der Waals surface area contributed by atoms with Gasteiger partial charge in [-0.1, -0.05) is 30.3 Å². The standard InChI is InChI=1S/C25H36N6O6/c1-5-35-23(32)25(24(33)36-6-2,12-17-10-8-7-9-11-17)37-14-19(34-4)18(26)13-31-15-28-20-21(27)29-16(3)30-22(20)31/h7-11,18-19,28H,5-6,12-15,26H2,1-4H3,(H2,27,29,30). The maximum atomic E-state index is 13.2. The molecule has 3 rings (SSSR count). The van der Waals surface area contributed by atoms with E-state index in [0.29, 0.717) is 41.9 Å². The number of anilines is 3. The Kier molecular flexibility index (Phi) is 9.61. The number of methoxy groups -OCH3 is 1. The summed E-state index contributed by atoms with van der Waals surface area (Å²) in [5, 5.41) is 3.18. The molecule has 1 aromatic carbocycles. The van der Waals surface area contributed by atoms with Crippen LogP contribution in [-0.2, 0) is 35.0 Å². The predicted octanol–water partition coefficient (Wildman–Crippen LogP) is 1.02. The number of esters is 2. The zero-order valence-electron chi connectivity index (χ0n) is 21.7. The van der Waals surface area contributed by atoms with Crippen molar-refractivity contribution < 1.29 is 28.5 Å². The van der Waals surface area contributed by atoms with Crippen molar-refractivity contribution in [2.24, 2.45) is 5.73 Å². The third kappa shape index (κ3) is 6.45. The number of nitrogens with zero attached hydrogens (tertiary/aromatic N) is 3. The molecule has 0 aliphatic carbocycles. The minimum Gasteiger partial charge on any atom is -0.463 e. The fraction of sp³-hybridized carbons (Fsp3) is 0.520. The number of ether oxygens (including phenoxy) is 4. The van der Waals surface area contributed by atoms with Gasteiger partial charge in [-0.2, -0.15) is 0 Å². The lowest BCUT2D eigenvalue weighted by atomic mass is 9.93. The molecule has 0 fully saturated rings. The van der Waals surface area contributed by atoms with E-state index < -0.39 is 29.7 Å². The van der Waals surface area contributed by atoms with Crippen LogP contribution in [0.1, 0.15) is 25.2 Å². The van der Waals surface area contributed by atoms with Gasteiger partial charge in [0.15, 0.2) is 11.6 Å². The summed E-state index contributed by atoms with van der Waals surface area (Å²) in [4.78, 5) is 36.9. The molecular formula is C25H36N6O6. The van der Waals surface area contributed by atoms with Crippen LogP contribution in [0.2, 0.25) is 0 Å². The zero-order valence-corrected chi connectivity index (χ0v) is 21.7. The number of carbonyl (C=O) groups is 2. The van der Waals surface area contributed by atoms with Crippen molar-refractivity contribution in [3.63, 3.8) is 0 Å². The minimum absolute atomic E-state index is 0.0666. The molecule has 2 unspecified atom stereocenters. The van der Waals surface area contributed by atoms with Gasteiger partial charge in [-0.05, 0) is 26.3 Å². The first-order valence-electron chi connectivity index (χ1n) is 12.2. The first-order valence-corrected chi connectivity index (χ1v) is 12.2. The lowest BCUT2D eigenvalue weighted by Gasteiger charge is -2.33. The molecule has 1 aliphatic heterocycles. The van der Waals surface area contributed by atoms with E-state index in [1.54, 1.807) is 32.9 Å². The van der Waals surface area contributed by atoms with Crippen LogP contribution in [0.15, 0.2) is 30.3 Å². The highest BCUT2D eigenvalue weighted by Gasteiger charge is 2.51. The van der Waals surface area contributed by atoms with Crippen molar-refractivity contribution in [3.8, 4) is 0 Å². The van der Waals surface area contributed by atoms with Crippen molar-refractivity contribution in [1.29, 1.82) is 0 Å². The molecule has 2 heterocycles. The number of benzene rings is 1. The fourth-order valence-electron chi connectivity index (χ4n) is 4.12. The molecular weight excluding hydrogens is 480 g/mol. The normalized spacial score (nSPS) is 14.5. The molecule has 1 aliphatic rings. The average Bonchev–Trinajstić information content (AvgIpc) is 3.27. The van der Waals surface area contributed by atoms with E-state index in [2.05, 4.69) is 15.3 Å². The van der Waals surface area contributed by atoms with Crippen LogP contribution in [0.5, 0.6) is 0 Å². The summed E-state index contributed by atoms with van der Waals surface area (Å²) in [6, 6.07) is 8.47. The SMILES string of the molecule is CCOC(=O)C(Cc1ccccc1)(OCC(OC)C(N)CN1CNc2c(N)nc(C)nc21)C(=O)OCC. The van der Waals surface area contributed by atoms with Crippen LogP contribution in [0.25, 0.3) is 0 Å². The Morgan fingerprint density at radius 3 is 2.38 bits per heavy atom. The monoisotopic (exact) mass is 516 g/mol. The lowest BCUT2D eigenvalue weighted by molar-refractivity contribution is -0.195. The van der Waals surface area contributed by atoms with Gasteiger partial charge in [0.1, 0.15) is 11.5 Å². The van der Waals surface area contributed by atoms with Crippen molar-refractivity contribution in [3.05, 3.63) is 41.7 Å². The van der Waals surface area contributed by atoms with Crippen LogP contribution >= 0.6 is 0 Å². The minimum atomic E-state index is -2.02. The van der Waals surface area contributed by atoms with Gasteiger partial charge in [0.25, 0.3) is 5.60 Å². The average molecular weight is 517 g/mol. The highest BCUT2D eigenvalue weighted by Crippen LogP contribution is 2.33. The first kappa shape index (κ1) is 28.1.